The SMILES string of the molecule is COc1ccccc1CN1CCCCC1CC(C)O. The van der Waals surface area contributed by atoms with Crippen molar-refractivity contribution in [1.29, 1.82) is 0 Å². The maximum atomic E-state index is 9.64. The van der Waals surface area contributed by atoms with E-state index in [2.05, 4.69) is 17.0 Å². The number of hydrogen-bond acceptors (Lipinski definition) is 3. The van der Waals surface area contributed by atoms with Crippen LogP contribution in [-0.2, 0) is 6.54 Å². The molecule has 0 amide bonds. The number of ether oxygens (including phenoxy) is 1. The second kappa shape index (κ2) is 6.92. The first kappa shape index (κ1) is 14.4. The van der Waals surface area contributed by atoms with E-state index in [1.54, 1.807) is 7.11 Å². The maximum Gasteiger partial charge on any atom is 0.123 e. The summed E-state index contributed by atoms with van der Waals surface area (Å²) in [6, 6.07) is 8.71. The van der Waals surface area contributed by atoms with Crippen LogP contribution in [0.1, 0.15) is 38.2 Å². The highest BCUT2D eigenvalue weighted by molar-refractivity contribution is 5.33. The number of benzene rings is 1. The van der Waals surface area contributed by atoms with Gasteiger partial charge in [0.1, 0.15) is 5.75 Å². The molecule has 0 aliphatic carbocycles. The first-order valence-electron chi connectivity index (χ1n) is 7.24. The Morgan fingerprint density at radius 1 is 1.37 bits per heavy atom. The molecule has 106 valence electrons. The van der Waals surface area contributed by atoms with Gasteiger partial charge in [0.15, 0.2) is 0 Å². The number of likely N-dealkylation sites (tertiary alicyclic amines) is 1. The van der Waals surface area contributed by atoms with Crippen LogP contribution in [0.2, 0.25) is 0 Å². The van der Waals surface area contributed by atoms with E-state index >= 15 is 0 Å². The van der Waals surface area contributed by atoms with Crippen LogP contribution in [0.4, 0.5) is 0 Å². The van der Waals surface area contributed by atoms with Crippen molar-refractivity contribution in [2.75, 3.05) is 13.7 Å². The van der Waals surface area contributed by atoms with Gasteiger partial charge in [0, 0.05) is 18.2 Å². The van der Waals surface area contributed by atoms with Crippen LogP contribution in [-0.4, -0.2) is 35.8 Å². The molecule has 0 saturated carbocycles. The first-order valence-corrected chi connectivity index (χ1v) is 7.24. The van der Waals surface area contributed by atoms with E-state index in [4.69, 9.17) is 4.74 Å². The summed E-state index contributed by atoms with van der Waals surface area (Å²) >= 11 is 0. The molecule has 2 atom stereocenters. The Balaban J connectivity index is 2.06. The lowest BCUT2D eigenvalue weighted by Gasteiger charge is -2.36. The monoisotopic (exact) mass is 263 g/mol. The fourth-order valence-corrected chi connectivity index (χ4v) is 2.98. The van der Waals surface area contributed by atoms with Crippen LogP contribution in [0.3, 0.4) is 0 Å². The minimum atomic E-state index is -0.219. The molecular weight excluding hydrogens is 238 g/mol. The van der Waals surface area contributed by atoms with Gasteiger partial charge in [-0.1, -0.05) is 24.6 Å². The first-order chi connectivity index (χ1) is 9.20. The highest BCUT2D eigenvalue weighted by Crippen LogP contribution is 2.26. The van der Waals surface area contributed by atoms with Crippen molar-refractivity contribution in [3.63, 3.8) is 0 Å². The van der Waals surface area contributed by atoms with Crippen LogP contribution < -0.4 is 4.74 Å². The molecule has 1 aromatic carbocycles. The summed E-state index contributed by atoms with van der Waals surface area (Å²) in [5, 5.41) is 9.64. The van der Waals surface area contributed by atoms with Crippen LogP contribution >= 0.6 is 0 Å². The molecule has 1 aliphatic heterocycles. The minimum absolute atomic E-state index is 0.219. The topological polar surface area (TPSA) is 32.7 Å². The number of hydrogen-bond donors (Lipinski definition) is 1. The molecule has 3 nitrogen and oxygen atoms in total. The van der Waals surface area contributed by atoms with Crippen LogP contribution in [0.5, 0.6) is 5.75 Å². The van der Waals surface area contributed by atoms with E-state index in [0.717, 1.165) is 25.3 Å². The van der Waals surface area contributed by atoms with Gasteiger partial charge in [-0.3, -0.25) is 4.90 Å². The molecule has 1 fully saturated rings. The summed E-state index contributed by atoms with van der Waals surface area (Å²) in [6.45, 7) is 3.92. The molecule has 0 bridgehead atoms. The van der Waals surface area contributed by atoms with Crippen LogP contribution in [0, 0.1) is 0 Å². The van der Waals surface area contributed by atoms with Crippen molar-refractivity contribution < 1.29 is 9.84 Å². The smallest absolute Gasteiger partial charge is 0.123 e. The Bertz CT molecular complexity index is 392. The van der Waals surface area contributed by atoms with Crippen molar-refractivity contribution in [3.8, 4) is 5.75 Å². The number of para-hydroxylation sites is 1. The third-order valence-electron chi connectivity index (χ3n) is 3.93. The zero-order chi connectivity index (χ0) is 13.7. The lowest BCUT2D eigenvalue weighted by molar-refractivity contribution is 0.0812. The predicted molar refractivity (Wildman–Crippen MR) is 77.3 cm³/mol. The van der Waals surface area contributed by atoms with Crippen molar-refractivity contribution >= 4 is 0 Å². The molecule has 1 aliphatic rings. The van der Waals surface area contributed by atoms with Gasteiger partial charge in [0.05, 0.1) is 13.2 Å². The van der Waals surface area contributed by atoms with Crippen molar-refractivity contribution in [3.05, 3.63) is 29.8 Å². The molecule has 2 rings (SSSR count). The molecule has 0 radical (unpaired) electrons. The molecule has 3 heteroatoms. The zero-order valence-corrected chi connectivity index (χ0v) is 12.0. The summed E-state index contributed by atoms with van der Waals surface area (Å²) in [5.74, 6) is 0.962. The summed E-state index contributed by atoms with van der Waals surface area (Å²) in [6.07, 6.45) is 4.38. The van der Waals surface area contributed by atoms with E-state index in [1.165, 1.54) is 24.8 Å². The van der Waals surface area contributed by atoms with Crippen molar-refractivity contribution in [2.24, 2.45) is 0 Å². The maximum absolute atomic E-state index is 9.64. The summed E-state index contributed by atoms with van der Waals surface area (Å²) in [4.78, 5) is 2.49. The summed E-state index contributed by atoms with van der Waals surface area (Å²) in [7, 11) is 1.72. The minimum Gasteiger partial charge on any atom is -0.496 e. The third-order valence-corrected chi connectivity index (χ3v) is 3.93. The molecular formula is C16H25NO2. The molecule has 1 saturated heterocycles. The Labute approximate surface area is 116 Å². The average Bonchev–Trinajstić information content (AvgIpc) is 2.41. The lowest BCUT2D eigenvalue weighted by Crippen LogP contribution is -2.40. The molecule has 0 aromatic heterocycles. The van der Waals surface area contributed by atoms with Gasteiger partial charge in [-0.15, -0.1) is 0 Å². The fourth-order valence-electron chi connectivity index (χ4n) is 2.98. The molecule has 1 aromatic rings. The predicted octanol–water partition coefficient (Wildman–Crippen LogP) is 2.82. The van der Waals surface area contributed by atoms with Gasteiger partial charge in [0.25, 0.3) is 0 Å². The van der Waals surface area contributed by atoms with Gasteiger partial charge < -0.3 is 9.84 Å². The van der Waals surface area contributed by atoms with E-state index in [9.17, 15) is 5.11 Å². The Morgan fingerprint density at radius 2 is 2.16 bits per heavy atom. The van der Waals surface area contributed by atoms with E-state index in [-0.39, 0.29) is 6.10 Å². The Morgan fingerprint density at radius 3 is 2.89 bits per heavy atom. The molecule has 1 N–H and O–H groups in total. The summed E-state index contributed by atoms with van der Waals surface area (Å²) in [5.41, 5.74) is 1.24. The van der Waals surface area contributed by atoms with Crippen molar-refractivity contribution in [2.45, 2.75) is 51.3 Å². The quantitative estimate of drug-likeness (QED) is 0.886. The number of methoxy groups -OCH3 is 1. The van der Waals surface area contributed by atoms with Crippen LogP contribution in [0.25, 0.3) is 0 Å². The van der Waals surface area contributed by atoms with Gasteiger partial charge in [-0.05, 0) is 38.8 Å². The number of aliphatic hydroxyl groups excluding tert-OH is 1. The van der Waals surface area contributed by atoms with Gasteiger partial charge in [0.2, 0.25) is 0 Å². The molecule has 1 heterocycles. The number of aliphatic hydroxyl groups is 1. The van der Waals surface area contributed by atoms with Crippen LogP contribution in [0.15, 0.2) is 24.3 Å². The number of nitrogens with zero attached hydrogens (tertiary/aromatic N) is 1. The number of piperidine rings is 1. The zero-order valence-electron chi connectivity index (χ0n) is 12.0. The standard InChI is InChI=1S/C16H25NO2/c1-13(18)11-15-8-5-6-10-17(15)12-14-7-3-4-9-16(14)19-2/h3-4,7,9,13,15,18H,5-6,8,10-12H2,1-2H3. The van der Waals surface area contributed by atoms with E-state index < -0.39 is 0 Å². The Kier molecular flexibility index (Phi) is 5.23. The number of rotatable bonds is 5. The molecule has 19 heavy (non-hydrogen) atoms. The van der Waals surface area contributed by atoms with Crippen molar-refractivity contribution in [1.82, 2.24) is 4.90 Å². The largest absolute Gasteiger partial charge is 0.496 e. The molecule has 0 spiro atoms. The van der Waals surface area contributed by atoms with Gasteiger partial charge in [-0.2, -0.15) is 0 Å². The summed E-state index contributed by atoms with van der Waals surface area (Å²) < 4.78 is 5.43. The average molecular weight is 263 g/mol. The fraction of sp³-hybridized carbons (Fsp3) is 0.625. The highest BCUT2D eigenvalue weighted by Gasteiger charge is 2.24. The molecule has 2 unspecified atom stereocenters. The van der Waals surface area contributed by atoms with E-state index in [0.29, 0.717) is 6.04 Å². The second-order valence-corrected chi connectivity index (χ2v) is 5.52. The highest BCUT2D eigenvalue weighted by atomic mass is 16.5. The van der Waals surface area contributed by atoms with Gasteiger partial charge in [-0.25, -0.2) is 0 Å². The van der Waals surface area contributed by atoms with Gasteiger partial charge >= 0.3 is 0 Å². The lowest BCUT2D eigenvalue weighted by atomic mass is 9.96. The third kappa shape index (κ3) is 3.95. The second-order valence-electron chi connectivity index (χ2n) is 5.52. The normalized spacial score (nSPS) is 22.2. The Hall–Kier alpha value is -1.06. The van der Waals surface area contributed by atoms with E-state index in [1.807, 2.05) is 19.1 Å².